The third kappa shape index (κ3) is 2.38. The van der Waals surface area contributed by atoms with Gasteiger partial charge in [-0.3, -0.25) is 4.90 Å². The zero-order valence-corrected chi connectivity index (χ0v) is 12.5. The highest BCUT2D eigenvalue weighted by atomic mass is 15.4. The maximum Gasteiger partial charge on any atom is 0.153 e. The number of imidazole rings is 1. The molecule has 0 aliphatic carbocycles. The molecule has 2 aromatic rings. The average Bonchev–Trinajstić information content (AvgIpc) is 2.94. The van der Waals surface area contributed by atoms with E-state index >= 15 is 0 Å². The van der Waals surface area contributed by atoms with Crippen molar-refractivity contribution in [1.29, 1.82) is 0 Å². The summed E-state index contributed by atoms with van der Waals surface area (Å²) in [5.74, 6) is 1.06. The van der Waals surface area contributed by atoms with Gasteiger partial charge in [0, 0.05) is 57.7 Å². The lowest BCUT2D eigenvalue weighted by Crippen LogP contribution is -2.63. The van der Waals surface area contributed by atoms with Crippen LogP contribution in [0.5, 0.6) is 0 Å². The van der Waals surface area contributed by atoms with Gasteiger partial charge >= 0.3 is 0 Å². The van der Waals surface area contributed by atoms with E-state index in [4.69, 9.17) is 0 Å². The molecule has 0 bridgehead atoms. The number of aromatic nitrogens is 3. The highest BCUT2D eigenvalue weighted by Crippen LogP contribution is 2.22. The van der Waals surface area contributed by atoms with E-state index in [1.54, 1.807) is 6.20 Å². The molecule has 2 aliphatic heterocycles. The fraction of sp³-hybridized carbons (Fsp3) is 0.600. The lowest BCUT2D eigenvalue weighted by Gasteiger charge is -2.48. The molecule has 6 heteroatoms. The second-order valence-corrected chi connectivity index (χ2v) is 5.95. The van der Waals surface area contributed by atoms with E-state index in [1.807, 2.05) is 16.8 Å². The minimum atomic E-state index is 0.698. The molecule has 6 nitrogen and oxygen atoms in total. The Morgan fingerprint density at radius 1 is 1.14 bits per heavy atom. The molecule has 4 rings (SSSR count). The number of anilines is 1. The highest BCUT2D eigenvalue weighted by Gasteiger charge is 2.34. The number of nitrogens with zero attached hydrogens (tertiary/aromatic N) is 6. The molecule has 0 spiro atoms. The summed E-state index contributed by atoms with van der Waals surface area (Å²) in [6, 6.07) is 4.81. The highest BCUT2D eigenvalue weighted by molar-refractivity contribution is 5.47. The zero-order chi connectivity index (χ0) is 14.2. The van der Waals surface area contributed by atoms with Gasteiger partial charge in [-0.15, -0.1) is 5.10 Å². The molecule has 4 heterocycles. The number of fused-ring (bicyclic) bond motifs is 1. The minimum absolute atomic E-state index is 0.698. The fourth-order valence-corrected chi connectivity index (χ4v) is 3.29. The van der Waals surface area contributed by atoms with Crippen LogP contribution in [0.4, 0.5) is 5.82 Å². The number of piperazine rings is 1. The molecule has 0 aromatic carbocycles. The van der Waals surface area contributed by atoms with Crippen molar-refractivity contribution in [3.8, 4) is 0 Å². The van der Waals surface area contributed by atoms with E-state index in [0.29, 0.717) is 6.04 Å². The third-order valence-electron chi connectivity index (χ3n) is 4.80. The molecule has 21 heavy (non-hydrogen) atoms. The molecule has 2 fully saturated rings. The van der Waals surface area contributed by atoms with Crippen LogP contribution in [-0.4, -0.2) is 76.3 Å². The first-order valence-corrected chi connectivity index (χ1v) is 7.85. The van der Waals surface area contributed by atoms with Gasteiger partial charge in [0.05, 0.1) is 0 Å². The Bertz CT molecular complexity index is 609. The number of hydrogen-bond acceptors (Lipinski definition) is 5. The van der Waals surface area contributed by atoms with Crippen LogP contribution in [0.2, 0.25) is 0 Å². The van der Waals surface area contributed by atoms with Crippen LogP contribution in [0.3, 0.4) is 0 Å². The summed E-state index contributed by atoms with van der Waals surface area (Å²) >= 11 is 0. The Morgan fingerprint density at radius 3 is 2.71 bits per heavy atom. The normalized spacial score (nSPS) is 21.9. The van der Waals surface area contributed by atoms with Crippen LogP contribution in [0.15, 0.2) is 24.5 Å². The van der Waals surface area contributed by atoms with Crippen molar-refractivity contribution < 1.29 is 0 Å². The second-order valence-electron chi connectivity index (χ2n) is 5.95. The summed E-state index contributed by atoms with van der Waals surface area (Å²) in [5, 5.41) is 4.62. The Balaban J connectivity index is 1.36. The van der Waals surface area contributed by atoms with Gasteiger partial charge in [0.1, 0.15) is 5.82 Å². The molecule has 2 saturated heterocycles. The van der Waals surface area contributed by atoms with E-state index in [2.05, 4.69) is 37.8 Å². The quantitative estimate of drug-likeness (QED) is 0.824. The van der Waals surface area contributed by atoms with Gasteiger partial charge in [-0.05, 0) is 18.7 Å². The van der Waals surface area contributed by atoms with Crippen molar-refractivity contribution in [3.63, 3.8) is 0 Å². The summed E-state index contributed by atoms with van der Waals surface area (Å²) in [7, 11) is 0. The molecular formula is C15H22N6. The molecule has 0 amide bonds. The van der Waals surface area contributed by atoms with Crippen molar-refractivity contribution in [2.45, 2.75) is 13.0 Å². The van der Waals surface area contributed by atoms with E-state index in [0.717, 1.165) is 24.6 Å². The molecular weight excluding hydrogens is 264 g/mol. The number of rotatable bonds is 3. The van der Waals surface area contributed by atoms with Crippen LogP contribution in [0, 0.1) is 0 Å². The molecule has 2 aliphatic rings. The summed E-state index contributed by atoms with van der Waals surface area (Å²) in [6.45, 7) is 10.5. The van der Waals surface area contributed by atoms with E-state index in [-0.39, 0.29) is 0 Å². The summed E-state index contributed by atoms with van der Waals surface area (Å²) in [5.41, 5.74) is 0.909. The van der Waals surface area contributed by atoms with E-state index < -0.39 is 0 Å². The predicted octanol–water partition coefficient (Wildman–Crippen LogP) is 0.555. The Morgan fingerprint density at radius 2 is 1.95 bits per heavy atom. The van der Waals surface area contributed by atoms with Gasteiger partial charge < -0.3 is 9.80 Å². The molecule has 0 unspecified atom stereocenters. The maximum absolute atomic E-state index is 4.62. The molecule has 112 valence electrons. The Hall–Kier alpha value is -1.66. The van der Waals surface area contributed by atoms with Gasteiger partial charge in [-0.1, -0.05) is 6.92 Å². The van der Waals surface area contributed by atoms with Crippen LogP contribution >= 0.6 is 0 Å². The summed E-state index contributed by atoms with van der Waals surface area (Å²) in [6.07, 6.45) is 3.69. The van der Waals surface area contributed by atoms with E-state index in [9.17, 15) is 0 Å². The van der Waals surface area contributed by atoms with Gasteiger partial charge in [0.15, 0.2) is 5.65 Å². The molecule has 2 aromatic heterocycles. The Labute approximate surface area is 125 Å². The monoisotopic (exact) mass is 286 g/mol. The smallest absolute Gasteiger partial charge is 0.153 e. The van der Waals surface area contributed by atoms with Gasteiger partial charge in [0.25, 0.3) is 0 Å². The molecule has 0 atom stereocenters. The standard InChI is InChI=1S/C15H22N6/c1-2-18-7-9-19(10-8-18)13-11-20(12-13)15-4-3-14-16-5-6-21(14)17-15/h3-6,13H,2,7-12H2,1H3. The number of likely N-dealkylation sites (N-methyl/N-ethyl adjacent to an activating group) is 1. The average molecular weight is 286 g/mol. The molecule has 0 saturated carbocycles. The van der Waals surface area contributed by atoms with Gasteiger partial charge in [-0.25, -0.2) is 9.50 Å². The largest absolute Gasteiger partial charge is 0.352 e. The van der Waals surface area contributed by atoms with Crippen molar-refractivity contribution >= 4 is 11.5 Å². The predicted molar refractivity (Wildman–Crippen MR) is 82.7 cm³/mol. The first-order chi connectivity index (χ1) is 10.3. The molecule has 0 N–H and O–H groups in total. The lowest BCUT2D eigenvalue weighted by molar-refractivity contribution is 0.0858. The zero-order valence-electron chi connectivity index (χ0n) is 12.5. The first-order valence-electron chi connectivity index (χ1n) is 7.85. The van der Waals surface area contributed by atoms with Gasteiger partial charge in [0.2, 0.25) is 0 Å². The van der Waals surface area contributed by atoms with Crippen LogP contribution in [-0.2, 0) is 0 Å². The SMILES string of the molecule is CCN1CCN(C2CN(c3ccc4nccn4n3)C2)CC1. The maximum atomic E-state index is 4.62. The first kappa shape index (κ1) is 13.0. The van der Waals surface area contributed by atoms with Crippen molar-refractivity contribution in [2.24, 2.45) is 0 Å². The topological polar surface area (TPSA) is 39.9 Å². The van der Waals surface area contributed by atoms with Crippen LogP contribution < -0.4 is 4.90 Å². The minimum Gasteiger partial charge on any atom is -0.352 e. The van der Waals surface area contributed by atoms with Crippen LogP contribution in [0.25, 0.3) is 5.65 Å². The number of hydrogen-bond donors (Lipinski definition) is 0. The van der Waals surface area contributed by atoms with Crippen LogP contribution in [0.1, 0.15) is 6.92 Å². The molecule has 0 radical (unpaired) electrons. The fourth-order valence-electron chi connectivity index (χ4n) is 3.29. The summed E-state index contributed by atoms with van der Waals surface area (Å²) in [4.78, 5) is 11.8. The van der Waals surface area contributed by atoms with Gasteiger partial charge in [-0.2, -0.15) is 0 Å². The van der Waals surface area contributed by atoms with Crippen molar-refractivity contribution in [2.75, 3.05) is 50.7 Å². The Kier molecular flexibility index (Phi) is 3.27. The summed E-state index contributed by atoms with van der Waals surface area (Å²) < 4.78 is 1.85. The third-order valence-corrected chi connectivity index (χ3v) is 4.80. The van der Waals surface area contributed by atoms with Crippen molar-refractivity contribution in [3.05, 3.63) is 24.5 Å². The van der Waals surface area contributed by atoms with E-state index in [1.165, 1.54) is 32.7 Å². The van der Waals surface area contributed by atoms with Crippen molar-refractivity contribution in [1.82, 2.24) is 24.4 Å². The lowest BCUT2D eigenvalue weighted by atomic mass is 10.1. The second kappa shape index (κ2) is 5.27.